The maximum Gasteiger partial charge on any atom is 0.0477 e. The molecule has 1 fully saturated rings. The SMILES string of the molecule is NCC(c1ccc(Br)c(Br)c1)N(Cc1cccs1)C1CC1. The normalized spacial score (nSPS) is 16.4. The summed E-state index contributed by atoms with van der Waals surface area (Å²) in [7, 11) is 0. The van der Waals surface area contributed by atoms with E-state index < -0.39 is 0 Å². The molecule has 1 saturated carbocycles. The molecule has 0 radical (unpaired) electrons. The number of hydrogen-bond donors (Lipinski definition) is 1. The molecule has 0 spiro atoms. The Morgan fingerprint density at radius 1 is 1.24 bits per heavy atom. The monoisotopic (exact) mass is 428 g/mol. The summed E-state index contributed by atoms with van der Waals surface area (Å²) < 4.78 is 2.17. The van der Waals surface area contributed by atoms with Gasteiger partial charge in [-0.05, 0) is 73.8 Å². The minimum absolute atomic E-state index is 0.281. The molecule has 1 aromatic carbocycles. The molecule has 2 N–H and O–H groups in total. The van der Waals surface area contributed by atoms with Crippen molar-refractivity contribution in [1.82, 2.24) is 4.90 Å². The summed E-state index contributed by atoms with van der Waals surface area (Å²) in [5, 5.41) is 2.15. The second kappa shape index (κ2) is 6.92. The maximum absolute atomic E-state index is 6.12. The predicted molar refractivity (Wildman–Crippen MR) is 96.5 cm³/mol. The Labute approximate surface area is 146 Å². The first-order valence-corrected chi connectivity index (χ1v) is 9.58. The smallest absolute Gasteiger partial charge is 0.0477 e. The zero-order valence-corrected chi connectivity index (χ0v) is 15.6. The maximum atomic E-state index is 6.12. The predicted octanol–water partition coefficient (Wildman–Crippen LogP) is 4.94. The van der Waals surface area contributed by atoms with E-state index in [1.165, 1.54) is 23.3 Å². The molecular formula is C16H18Br2N2S. The van der Waals surface area contributed by atoms with Gasteiger partial charge in [-0.15, -0.1) is 11.3 Å². The summed E-state index contributed by atoms with van der Waals surface area (Å²) in [4.78, 5) is 3.98. The molecule has 112 valence electrons. The summed E-state index contributed by atoms with van der Waals surface area (Å²) >= 11 is 8.96. The van der Waals surface area contributed by atoms with E-state index in [2.05, 4.69) is 72.5 Å². The Bertz CT molecular complexity index is 596. The molecule has 3 rings (SSSR count). The molecule has 0 bridgehead atoms. The van der Waals surface area contributed by atoms with Gasteiger partial charge in [0, 0.05) is 39.0 Å². The highest BCUT2D eigenvalue weighted by atomic mass is 79.9. The Morgan fingerprint density at radius 3 is 2.62 bits per heavy atom. The van der Waals surface area contributed by atoms with Crippen molar-refractivity contribution < 1.29 is 0 Å². The van der Waals surface area contributed by atoms with Gasteiger partial charge < -0.3 is 5.73 Å². The van der Waals surface area contributed by atoms with Crippen LogP contribution in [0.15, 0.2) is 44.7 Å². The summed E-state index contributed by atoms with van der Waals surface area (Å²) in [5.41, 5.74) is 7.41. The topological polar surface area (TPSA) is 29.3 Å². The Hall–Kier alpha value is -0.200. The highest BCUT2D eigenvalue weighted by molar-refractivity contribution is 9.13. The van der Waals surface area contributed by atoms with Gasteiger partial charge in [-0.3, -0.25) is 4.90 Å². The van der Waals surface area contributed by atoms with Gasteiger partial charge in [0.2, 0.25) is 0 Å². The Kier molecular flexibility index (Phi) is 5.17. The van der Waals surface area contributed by atoms with Crippen LogP contribution in [0.3, 0.4) is 0 Å². The summed E-state index contributed by atoms with van der Waals surface area (Å²) in [5.74, 6) is 0. The fourth-order valence-corrected chi connectivity index (χ4v) is 4.02. The van der Waals surface area contributed by atoms with E-state index in [0.29, 0.717) is 12.6 Å². The number of thiophene rings is 1. The molecule has 1 atom stereocenters. The lowest BCUT2D eigenvalue weighted by Gasteiger charge is -2.31. The highest BCUT2D eigenvalue weighted by Crippen LogP contribution is 2.37. The van der Waals surface area contributed by atoms with E-state index in [1.54, 1.807) is 0 Å². The van der Waals surface area contributed by atoms with E-state index in [-0.39, 0.29) is 6.04 Å². The van der Waals surface area contributed by atoms with Crippen LogP contribution in [0.4, 0.5) is 0 Å². The van der Waals surface area contributed by atoms with Crippen LogP contribution in [-0.4, -0.2) is 17.5 Å². The average molecular weight is 430 g/mol. The Morgan fingerprint density at radius 2 is 2.05 bits per heavy atom. The van der Waals surface area contributed by atoms with E-state index in [4.69, 9.17) is 5.73 Å². The second-order valence-corrected chi connectivity index (χ2v) is 8.15. The zero-order chi connectivity index (χ0) is 14.8. The lowest BCUT2D eigenvalue weighted by molar-refractivity contribution is 0.183. The molecule has 0 amide bonds. The fourth-order valence-electron chi connectivity index (χ4n) is 2.67. The number of hydrogen-bond acceptors (Lipinski definition) is 3. The molecule has 1 unspecified atom stereocenters. The summed E-state index contributed by atoms with van der Waals surface area (Å²) in [6.07, 6.45) is 2.58. The van der Waals surface area contributed by atoms with Gasteiger partial charge in [0.25, 0.3) is 0 Å². The van der Waals surface area contributed by atoms with E-state index in [1.807, 2.05) is 11.3 Å². The fraction of sp³-hybridized carbons (Fsp3) is 0.375. The first kappa shape index (κ1) is 15.7. The van der Waals surface area contributed by atoms with Crippen molar-refractivity contribution in [2.45, 2.75) is 31.5 Å². The van der Waals surface area contributed by atoms with Gasteiger partial charge >= 0.3 is 0 Å². The summed E-state index contributed by atoms with van der Waals surface area (Å²) in [6.45, 7) is 1.65. The minimum Gasteiger partial charge on any atom is -0.329 e. The van der Waals surface area contributed by atoms with Gasteiger partial charge in [-0.25, -0.2) is 0 Å². The van der Waals surface area contributed by atoms with E-state index in [0.717, 1.165) is 15.5 Å². The lowest BCUT2D eigenvalue weighted by atomic mass is 10.0. The minimum atomic E-state index is 0.281. The van der Waals surface area contributed by atoms with Crippen LogP contribution >= 0.6 is 43.2 Å². The average Bonchev–Trinajstić information content (AvgIpc) is 3.20. The highest BCUT2D eigenvalue weighted by Gasteiger charge is 2.34. The molecule has 1 aromatic heterocycles. The molecule has 0 aliphatic heterocycles. The van der Waals surface area contributed by atoms with Crippen LogP contribution in [0.2, 0.25) is 0 Å². The number of rotatable bonds is 6. The van der Waals surface area contributed by atoms with Crippen molar-refractivity contribution >= 4 is 43.2 Å². The number of nitrogens with zero attached hydrogens (tertiary/aromatic N) is 1. The van der Waals surface area contributed by atoms with Gasteiger partial charge in [0.1, 0.15) is 0 Å². The van der Waals surface area contributed by atoms with Crippen molar-refractivity contribution in [2.24, 2.45) is 5.73 Å². The molecule has 5 heteroatoms. The largest absolute Gasteiger partial charge is 0.329 e. The van der Waals surface area contributed by atoms with Crippen LogP contribution < -0.4 is 5.73 Å². The Balaban J connectivity index is 1.86. The molecule has 1 aliphatic carbocycles. The third-order valence-electron chi connectivity index (χ3n) is 3.89. The van der Waals surface area contributed by atoms with Gasteiger partial charge in [-0.2, -0.15) is 0 Å². The van der Waals surface area contributed by atoms with E-state index in [9.17, 15) is 0 Å². The molecule has 1 heterocycles. The third-order valence-corrected chi connectivity index (χ3v) is 6.63. The molecule has 1 aliphatic rings. The van der Waals surface area contributed by atoms with Crippen LogP contribution in [0.1, 0.15) is 29.3 Å². The third kappa shape index (κ3) is 3.77. The second-order valence-electron chi connectivity index (χ2n) is 5.41. The van der Waals surface area contributed by atoms with Crippen molar-refractivity contribution in [1.29, 1.82) is 0 Å². The quantitative estimate of drug-likeness (QED) is 0.704. The van der Waals surface area contributed by atoms with Crippen LogP contribution in [0, 0.1) is 0 Å². The first-order valence-electron chi connectivity index (χ1n) is 7.12. The first-order chi connectivity index (χ1) is 10.2. The molecule has 0 saturated heterocycles. The van der Waals surface area contributed by atoms with Crippen molar-refractivity contribution in [3.05, 3.63) is 55.1 Å². The molecule has 2 nitrogen and oxygen atoms in total. The van der Waals surface area contributed by atoms with Crippen molar-refractivity contribution in [3.8, 4) is 0 Å². The standard InChI is InChI=1S/C16H18Br2N2S/c17-14-6-3-11(8-15(14)18)16(9-19)20(12-4-5-12)10-13-2-1-7-21-13/h1-3,6-8,12,16H,4-5,9-10,19H2. The lowest BCUT2D eigenvalue weighted by Crippen LogP contribution is -2.35. The van der Waals surface area contributed by atoms with Crippen molar-refractivity contribution in [3.63, 3.8) is 0 Å². The molecule has 21 heavy (non-hydrogen) atoms. The van der Waals surface area contributed by atoms with E-state index >= 15 is 0 Å². The number of halogens is 2. The van der Waals surface area contributed by atoms with Crippen LogP contribution in [0.5, 0.6) is 0 Å². The van der Waals surface area contributed by atoms with Crippen molar-refractivity contribution in [2.75, 3.05) is 6.54 Å². The molecule has 2 aromatic rings. The van der Waals surface area contributed by atoms with Gasteiger partial charge in [0.15, 0.2) is 0 Å². The van der Waals surface area contributed by atoms with Gasteiger partial charge in [0.05, 0.1) is 0 Å². The molecular weight excluding hydrogens is 412 g/mol. The number of nitrogens with two attached hydrogens (primary N) is 1. The van der Waals surface area contributed by atoms with Crippen LogP contribution in [0.25, 0.3) is 0 Å². The van der Waals surface area contributed by atoms with Crippen LogP contribution in [-0.2, 0) is 6.54 Å². The number of benzene rings is 1. The summed E-state index contributed by atoms with van der Waals surface area (Å²) in [6, 6.07) is 11.8. The van der Waals surface area contributed by atoms with Gasteiger partial charge in [-0.1, -0.05) is 12.1 Å². The zero-order valence-electron chi connectivity index (χ0n) is 11.6.